The second-order valence-corrected chi connectivity index (χ2v) is 4.76. The van der Waals surface area contributed by atoms with Gasteiger partial charge in [-0.3, -0.25) is 0 Å². The maximum absolute atomic E-state index is 12.6. The van der Waals surface area contributed by atoms with Gasteiger partial charge in [0.1, 0.15) is 12.3 Å². The van der Waals surface area contributed by atoms with Gasteiger partial charge in [-0.05, 0) is 17.5 Å². The van der Waals surface area contributed by atoms with E-state index in [0.717, 1.165) is 10.9 Å². The Bertz CT molecular complexity index is 540. The van der Waals surface area contributed by atoms with Crippen LogP contribution in [0.3, 0.4) is 0 Å². The molecule has 0 saturated carbocycles. The second-order valence-electron chi connectivity index (χ2n) is 3.73. The van der Waals surface area contributed by atoms with Crippen LogP contribution in [0, 0.1) is 0 Å². The number of halogens is 3. The number of nitrogens with two attached hydrogens (primary N) is 1. The molecule has 0 fully saturated rings. The van der Waals surface area contributed by atoms with Gasteiger partial charge in [0.05, 0.1) is 0 Å². The number of ether oxygens (including phenoxy) is 1. The van der Waals surface area contributed by atoms with Crippen molar-refractivity contribution in [2.45, 2.75) is 19.3 Å². The number of alkyl halides is 3. The zero-order chi connectivity index (χ0) is 13.9. The Labute approximate surface area is 111 Å². The largest absolute Gasteiger partial charge is 0.472 e. The van der Waals surface area contributed by atoms with Crippen LogP contribution in [-0.2, 0) is 19.3 Å². The highest BCUT2D eigenvalue weighted by Crippen LogP contribution is 2.30. The molecule has 0 atom stereocenters. The summed E-state index contributed by atoms with van der Waals surface area (Å²) in [5.41, 5.74) is 4.93. The quantitative estimate of drug-likeness (QED) is 0.940. The summed E-state index contributed by atoms with van der Waals surface area (Å²) in [6.45, 7) is 0.254. The van der Waals surface area contributed by atoms with Gasteiger partial charge in [-0.2, -0.15) is 13.2 Å². The number of pyridine rings is 1. The molecule has 2 aromatic rings. The zero-order valence-electron chi connectivity index (χ0n) is 9.78. The molecule has 0 radical (unpaired) electrons. The molecule has 0 aliphatic rings. The van der Waals surface area contributed by atoms with E-state index in [2.05, 4.69) is 4.98 Å². The van der Waals surface area contributed by atoms with Crippen LogP contribution in [-0.4, -0.2) is 4.98 Å². The molecule has 3 nitrogen and oxygen atoms in total. The molecule has 0 aliphatic heterocycles. The van der Waals surface area contributed by atoms with Crippen molar-refractivity contribution in [1.82, 2.24) is 4.98 Å². The summed E-state index contributed by atoms with van der Waals surface area (Å²) in [5.74, 6) is -0.0641. The molecule has 0 bridgehead atoms. The van der Waals surface area contributed by atoms with Gasteiger partial charge in [-0.1, -0.05) is 12.1 Å². The van der Waals surface area contributed by atoms with Crippen molar-refractivity contribution >= 4 is 11.3 Å². The molecular weight excluding hydrogens is 277 g/mol. The highest BCUT2D eigenvalue weighted by Gasteiger charge is 2.33. The minimum Gasteiger partial charge on any atom is -0.472 e. The number of thiophene rings is 1. The van der Waals surface area contributed by atoms with Crippen molar-refractivity contribution in [2.24, 2.45) is 5.73 Å². The third-order valence-electron chi connectivity index (χ3n) is 2.38. The molecule has 19 heavy (non-hydrogen) atoms. The normalized spacial score (nSPS) is 11.6. The van der Waals surface area contributed by atoms with Gasteiger partial charge in [0.25, 0.3) is 0 Å². The highest BCUT2D eigenvalue weighted by atomic mass is 32.1. The Balaban J connectivity index is 2.21. The fraction of sp³-hybridized carbons (Fsp3) is 0.250. The minimum absolute atomic E-state index is 0.0641. The Kier molecular flexibility index (Phi) is 4.06. The number of aromatic nitrogens is 1. The lowest BCUT2D eigenvalue weighted by atomic mass is 10.2. The topological polar surface area (TPSA) is 48.1 Å². The molecule has 0 unspecified atom stereocenters. The lowest BCUT2D eigenvalue weighted by Crippen LogP contribution is -2.11. The van der Waals surface area contributed by atoms with Crippen molar-refractivity contribution in [1.29, 1.82) is 0 Å². The molecule has 0 saturated heterocycles. The van der Waals surface area contributed by atoms with E-state index in [4.69, 9.17) is 10.5 Å². The number of hydrogen-bond acceptors (Lipinski definition) is 4. The average molecular weight is 288 g/mol. The molecule has 2 rings (SSSR count). The van der Waals surface area contributed by atoms with Crippen LogP contribution in [0.5, 0.6) is 5.88 Å². The van der Waals surface area contributed by atoms with E-state index in [-0.39, 0.29) is 19.0 Å². The predicted octanol–water partition coefficient (Wildman–Crippen LogP) is 3.20. The van der Waals surface area contributed by atoms with E-state index >= 15 is 0 Å². The number of nitrogens with zero attached hydrogens (tertiary/aromatic N) is 1. The van der Waals surface area contributed by atoms with Crippen LogP contribution in [0.1, 0.15) is 16.1 Å². The second kappa shape index (κ2) is 5.58. The van der Waals surface area contributed by atoms with Crippen molar-refractivity contribution in [2.75, 3.05) is 0 Å². The molecular formula is C12H11F3N2OS. The van der Waals surface area contributed by atoms with Gasteiger partial charge >= 0.3 is 6.18 Å². The summed E-state index contributed by atoms with van der Waals surface area (Å²) in [6, 6.07) is 5.87. The first-order valence-electron chi connectivity index (χ1n) is 5.43. The molecule has 7 heteroatoms. The molecule has 0 spiro atoms. The monoisotopic (exact) mass is 288 g/mol. The molecule has 102 valence electrons. The van der Waals surface area contributed by atoms with Gasteiger partial charge in [0.15, 0.2) is 0 Å². The van der Waals surface area contributed by atoms with Crippen LogP contribution < -0.4 is 10.5 Å². The molecule has 2 aromatic heterocycles. The summed E-state index contributed by atoms with van der Waals surface area (Å²) in [7, 11) is 0. The SMILES string of the molecule is NCc1ccc(C(F)(F)F)nc1OCc1cccs1. The van der Waals surface area contributed by atoms with Crippen LogP contribution >= 0.6 is 11.3 Å². The van der Waals surface area contributed by atoms with E-state index in [1.165, 1.54) is 17.4 Å². The van der Waals surface area contributed by atoms with Crippen LogP contribution in [0.4, 0.5) is 13.2 Å². The predicted molar refractivity (Wildman–Crippen MR) is 65.8 cm³/mol. The molecule has 2 heterocycles. The summed E-state index contributed by atoms with van der Waals surface area (Å²) < 4.78 is 43.0. The Morgan fingerprint density at radius 1 is 1.26 bits per heavy atom. The molecule has 2 N–H and O–H groups in total. The Morgan fingerprint density at radius 2 is 2.05 bits per heavy atom. The highest BCUT2D eigenvalue weighted by molar-refractivity contribution is 7.09. The standard InChI is InChI=1S/C12H11F3N2OS/c13-12(14,15)10-4-3-8(6-16)11(17-10)18-7-9-2-1-5-19-9/h1-5H,6-7,16H2. The van der Waals surface area contributed by atoms with Gasteiger partial charge in [-0.25, -0.2) is 4.98 Å². The Morgan fingerprint density at radius 3 is 2.63 bits per heavy atom. The Hall–Kier alpha value is -1.60. The molecule has 0 aromatic carbocycles. The molecule has 0 amide bonds. The first kappa shape index (κ1) is 13.8. The van der Waals surface area contributed by atoms with E-state index < -0.39 is 11.9 Å². The summed E-state index contributed by atoms with van der Waals surface area (Å²) in [6.07, 6.45) is -4.49. The summed E-state index contributed by atoms with van der Waals surface area (Å²) >= 11 is 1.46. The van der Waals surface area contributed by atoms with Crippen molar-refractivity contribution in [3.63, 3.8) is 0 Å². The first-order valence-corrected chi connectivity index (χ1v) is 6.31. The van der Waals surface area contributed by atoms with E-state index in [9.17, 15) is 13.2 Å². The van der Waals surface area contributed by atoms with Crippen LogP contribution in [0.25, 0.3) is 0 Å². The van der Waals surface area contributed by atoms with Gasteiger partial charge < -0.3 is 10.5 Å². The molecule has 0 aliphatic carbocycles. The smallest absolute Gasteiger partial charge is 0.433 e. The van der Waals surface area contributed by atoms with Gasteiger partial charge in [0.2, 0.25) is 5.88 Å². The number of hydrogen-bond donors (Lipinski definition) is 1. The average Bonchev–Trinajstić information content (AvgIpc) is 2.88. The van der Waals surface area contributed by atoms with E-state index in [1.807, 2.05) is 17.5 Å². The van der Waals surface area contributed by atoms with Crippen LogP contribution in [0.15, 0.2) is 29.6 Å². The van der Waals surface area contributed by atoms with E-state index in [1.54, 1.807) is 0 Å². The first-order chi connectivity index (χ1) is 9.00. The fourth-order valence-electron chi connectivity index (χ4n) is 1.44. The van der Waals surface area contributed by atoms with Crippen molar-refractivity contribution in [3.8, 4) is 5.88 Å². The zero-order valence-corrected chi connectivity index (χ0v) is 10.6. The van der Waals surface area contributed by atoms with Crippen molar-refractivity contribution in [3.05, 3.63) is 45.8 Å². The maximum Gasteiger partial charge on any atom is 0.433 e. The minimum atomic E-state index is -4.49. The lowest BCUT2D eigenvalue weighted by molar-refractivity contribution is -0.141. The third-order valence-corrected chi connectivity index (χ3v) is 3.23. The maximum atomic E-state index is 12.6. The van der Waals surface area contributed by atoms with Crippen LogP contribution in [0.2, 0.25) is 0 Å². The summed E-state index contributed by atoms with van der Waals surface area (Å²) in [5, 5.41) is 1.86. The van der Waals surface area contributed by atoms with Gasteiger partial charge in [-0.15, -0.1) is 11.3 Å². The summed E-state index contributed by atoms with van der Waals surface area (Å²) in [4.78, 5) is 4.40. The number of rotatable bonds is 4. The fourth-order valence-corrected chi connectivity index (χ4v) is 2.06. The third kappa shape index (κ3) is 3.45. The van der Waals surface area contributed by atoms with Crippen molar-refractivity contribution < 1.29 is 17.9 Å². The van der Waals surface area contributed by atoms with E-state index in [0.29, 0.717) is 5.56 Å². The van der Waals surface area contributed by atoms with Gasteiger partial charge in [0, 0.05) is 17.0 Å². The lowest BCUT2D eigenvalue weighted by Gasteiger charge is -2.12.